The van der Waals surface area contributed by atoms with Gasteiger partial charge in [0, 0.05) is 29.2 Å². The van der Waals surface area contributed by atoms with Crippen molar-refractivity contribution in [2.45, 2.75) is 12.8 Å². The maximum atomic E-state index is 13.2. The molecule has 146 valence electrons. The summed E-state index contributed by atoms with van der Waals surface area (Å²) in [5.74, 6) is -2.20. The van der Waals surface area contributed by atoms with Crippen LogP contribution in [0.5, 0.6) is 0 Å². The second-order valence-electron chi connectivity index (χ2n) is 6.64. The zero-order valence-electron chi connectivity index (χ0n) is 15.1. The molecular weight excluding hydrogens is 385 g/mol. The molecule has 1 aliphatic rings. The Labute approximate surface area is 167 Å². The van der Waals surface area contributed by atoms with E-state index in [0.29, 0.717) is 30.0 Å². The molecule has 0 bridgehead atoms. The van der Waals surface area contributed by atoms with Gasteiger partial charge in [-0.2, -0.15) is 0 Å². The lowest BCUT2D eigenvalue weighted by Gasteiger charge is -2.31. The Hall–Kier alpha value is -2.73. The van der Waals surface area contributed by atoms with Gasteiger partial charge in [-0.05, 0) is 49.2 Å². The summed E-state index contributed by atoms with van der Waals surface area (Å²) in [4.78, 5) is 38.6. The van der Waals surface area contributed by atoms with Crippen molar-refractivity contribution in [2.24, 2.45) is 5.92 Å². The number of rotatable bonds is 5. The minimum Gasteiger partial charge on any atom is -0.457 e. The zero-order valence-corrected chi connectivity index (χ0v) is 15.8. The standard InChI is InChI=1S/C21H19ClFNO4/c22-17-8-6-14(7-9-17)20(26)24-10-2-4-16(12-24)21(27)28-13-19(25)15-3-1-5-18(23)11-15/h1,3,5-9,11,16H,2,4,10,12-13H2/t16-/m1/s1. The molecule has 1 saturated heterocycles. The third-order valence-corrected chi connectivity index (χ3v) is 4.88. The maximum absolute atomic E-state index is 13.2. The second kappa shape index (κ2) is 8.97. The van der Waals surface area contributed by atoms with Gasteiger partial charge in [0.25, 0.3) is 5.91 Å². The molecule has 5 nitrogen and oxygen atoms in total. The molecule has 0 unspecified atom stereocenters. The van der Waals surface area contributed by atoms with Crippen LogP contribution in [0.4, 0.5) is 4.39 Å². The van der Waals surface area contributed by atoms with Crippen LogP contribution in [0.25, 0.3) is 0 Å². The molecule has 0 saturated carbocycles. The molecule has 0 radical (unpaired) electrons. The molecule has 0 spiro atoms. The molecule has 1 atom stereocenters. The van der Waals surface area contributed by atoms with Crippen molar-refractivity contribution in [1.29, 1.82) is 0 Å². The van der Waals surface area contributed by atoms with E-state index in [2.05, 4.69) is 0 Å². The maximum Gasteiger partial charge on any atom is 0.311 e. The van der Waals surface area contributed by atoms with Crippen molar-refractivity contribution in [3.8, 4) is 0 Å². The van der Waals surface area contributed by atoms with E-state index < -0.39 is 30.1 Å². The van der Waals surface area contributed by atoms with Crippen LogP contribution < -0.4 is 0 Å². The van der Waals surface area contributed by atoms with E-state index in [0.717, 1.165) is 6.07 Å². The number of carbonyl (C=O) groups is 3. The van der Waals surface area contributed by atoms with E-state index in [1.807, 2.05) is 0 Å². The quantitative estimate of drug-likeness (QED) is 0.563. The number of Topliss-reactive ketones (excluding diaryl/α,β-unsaturated/α-hetero) is 1. The highest BCUT2D eigenvalue weighted by Crippen LogP contribution is 2.21. The van der Waals surface area contributed by atoms with Crippen LogP contribution in [0.1, 0.15) is 33.6 Å². The van der Waals surface area contributed by atoms with E-state index in [1.54, 1.807) is 29.2 Å². The lowest BCUT2D eigenvalue weighted by Crippen LogP contribution is -2.43. The van der Waals surface area contributed by atoms with Gasteiger partial charge < -0.3 is 9.64 Å². The third-order valence-electron chi connectivity index (χ3n) is 4.63. The Bertz CT molecular complexity index is 884. The number of ketones is 1. The molecule has 2 aromatic rings. The van der Waals surface area contributed by atoms with Crippen LogP contribution in [-0.2, 0) is 9.53 Å². The van der Waals surface area contributed by atoms with Crippen molar-refractivity contribution in [3.05, 3.63) is 70.5 Å². The minimum atomic E-state index is -0.529. The molecule has 1 aliphatic heterocycles. The SMILES string of the molecule is O=C(COC(=O)[C@@H]1CCCN(C(=O)c2ccc(Cl)cc2)C1)c1cccc(F)c1. The first-order chi connectivity index (χ1) is 13.4. The summed E-state index contributed by atoms with van der Waals surface area (Å²) in [6.45, 7) is 0.325. The van der Waals surface area contributed by atoms with Gasteiger partial charge in [0.1, 0.15) is 5.82 Å². The molecule has 3 rings (SSSR count). The van der Waals surface area contributed by atoms with Gasteiger partial charge in [0.15, 0.2) is 12.4 Å². The summed E-state index contributed by atoms with van der Waals surface area (Å²) >= 11 is 5.85. The molecule has 0 N–H and O–H groups in total. The fourth-order valence-electron chi connectivity index (χ4n) is 3.13. The van der Waals surface area contributed by atoms with Crippen molar-refractivity contribution < 1.29 is 23.5 Å². The molecular formula is C21H19ClFNO4. The summed E-state index contributed by atoms with van der Waals surface area (Å²) in [6, 6.07) is 11.8. The van der Waals surface area contributed by atoms with Crippen LogP contribution >= 0.6 is 11.6 Å². The highest BCUT2D eigenvalue weighted by molar-refractivity contribution is 6.30. The Morgan fingerprint density at radius 1 is 1.11 bits per heavy atom. The summed E-state index contributed by atoms with van der Waals surface area (Å²) in [6.07, 6.45) is 1.24. The first-order valence-electron chi connectivity index (χ1n) is 8.94. The minimum absolute atomic E-state index is 0.149. The number of ether oxygens (including phenoxy) is 1. The lowest BCUT2D eigenvalue weighted by molar-refractivity contribution is -0.148. The smallest absolute Gasteiger partial charge is 0.311 e. The van der Waals surface area contributed by atoms with Crippen molar-refractivity contribution in [1.82, 2.24) is 4.90 Å². The Kier molecular flexibility index (Phi) is 6.41. The molecule has 2 aromatic carbocycles. The van der Waals surface area contributed by atoms with Gasteiger partial charge in [-0.3, -0.25) is 14.4 Å². The van der Waals surface area contributed by atoms with E-state index in [-0.39, 0.29) is 18.0 Å². The van der Waals surface area contributed by atoms with E-state index >= 15 is 0 Å². The Balaban J connectivity index is 1.56. The fraction of sp³-hybridized carbons (Fsp3) is 0.286. The molecule has 0 aromatic heterocycles. The van der Waals surface area contributed by atoms with Crippen LogP contribution in [0.2, 0.25) is 5.02 Å². The first kappa shape index (κ1) is 20.0. The summed E-state index contributed by atoms with van der Waals surface area (Å²) in [5, 5.41) is 0.541. The first-order valence-corrected chi connectivity index (χ1v) is 9.32. The average Bonchev–Trinajstić information content (AvgIpc) is 2.72. The predicted molar refractivity (Wildman–Crippen MR) is 102 cm³/mol. The second-order valence-corrected chi connectivity index (χ2v) is 7.07. The normalized spacial score (nSPS) is 16.5. The topological polar surface area (TPSA) is 63.7 Å². The number of benzene rings is 2. The van der Waals surface area contributed by atoms with E-state index in [4.69, 9.17) is 16.3 Å². The number of carbonyl (C=O) groups excluding carboxylic acids is 3. The molecule has 1 amide bonds. The molecule has 1 heterocycles. The number of hydrogen-bond acceptors (Lipinski definition) is 4. The van der Waals surface area contributed by atoms with Crippen molar-refractivity contribution in [3.63, 3.8) is 0 Å². The number of amides is 1. The largest absolute Gasteiger partial charge is 0.457 e. The van der Waals surface area contributed by atoms with Crippen LogP contribution in [0.15, 0.2) is 48.5 Å². The van der Waals surface area contributed by atoms with E-state index in [1.165, 1.54) is 18.2 Å². The van der Waals surface area contributed by atoms with Gasteiger partial charge in [0.05, 0.1) is 5.92 Å². The summed E-state index contributed by atoms with van der Waals surface area (Å²) < 4.78 is 18.3. The lowest BCUT2D eigenvalue weighted by atomic mass is 9.97. The monoisotopic (exact) mass is 403 g/mol. The number of likely N-dealkylation sites (tertiary alicyclic amines) is 1. The van der Waals surface area contributed by atoms with Crippen LogP contribution in [0.3, 0.4) is 0 Å². The summed E-state index contributed by atoms with van der Waals surface area (Å²) in [7, 11) is 0. The highest BCUT2D eigenvalue weighted by Gasteiger charge is 2.30. The number of hydrogen-bond donors (Lipinski definition) is 0. The Morgan fingerprint density at radius 3 is 2.57 bits per heavy atom. The van der Waals surface area contributed by atoms with Crippen LogP contribution in [0, 0.1) is 11.7 Å². The van der Waals surface area contributed by atoms with Gasteiger partial charge in [0.2, 0.25) is 0 Å². The van der Waals surface area contributed by atoms with Crippen molar-refractivity contribution >= 4 is 29.3 Å². The van der Waals surface area contributed by atoms with Gasteiger partial charge >= 0.3 is 5.97 Å². The van der Waals surface area contributed by atoms with Crippen LogP contribution in [-0.4, -0.2) is 42.3 Å². The fourth-order valence-corrected chi connectivity index (χ4v) is 3.25. The molecule has 7 heteroatoms. The van der Waals surface area contributed by atoms with E-state index in [9.17, 15) is 18.8 Å². The third kappa shape index (κ3) is 4.95. The highest BCUT2D eigenvalue weighted by atomic mass is 35.5. The Morgan fingerprint density at radius 2 is 1.86 bits per heavy atom. The number of nitrogens with zero attached hydrogens (tertiary/aromatic N) is 1. The predicted octanol–water partition coefficient (Wildman–Crippen LogP) is 3.76. The van der Waals surface area contributed by atoms with Gasteiger partial charge in [-0.25, -0.2) is 4.39 Å². The van der Waals surface area contributed by atoms with Gasteiger partial charge in [-0.15, -0.1) is 0 Å². The molecule has 1 fully saturated rings. The zero-order chi connectivity index (χ0) is 20.1. The van der Waals surface area contributed by atoms with Gasteiger partial charge in [-0.1, -0.05) is 23.7 Å². The molecule has 28 heavy (non-hydrogen) atoms. The summed E-state index contributed by atoms with van der Waals surface area (Å²) in [5.41, 5.74) is 0.649. The average molecular weight is 404 g/mol. The number of esters is 1. The number of halogens is 2. The van der Waals surface area contributed by atoms with Crippen molar-refractivity contribution in [2.75, 3.05) is 19.7 Å². The molecule has 0 aliphatic carbocycles. The number of piperidine rings is 1.